The van der Waals surface area contributed by atoms with Crippen LogP contribution in [0.25, 0.3) is 0 Å². The highest BCUT2D eigenvalue weighted by Crippen LogP contribution is 2.06. The lowest BCUT2D eigenvalue weighted by molar-refractivity contribution is -0.116. The molecule has 1 N–H and O–H groups in total. The summed E-state index contributed by atoms with van der Waals surface area (Å²) < 4.78 is 20.3. The zero-order valence-electron chi connectivity index (χ0n) is 9.24. The largest absolute Gasteiger partial charge is 0.678 e. The van der Waals surface area contributed by atoms with Gasteiger partial charge in [-0.15, -0.1) is 0 Å². The summed E-state index contributed by atoms with van der Waals surface area (Å²) in [6.45, 7) is 3.91. The summed E-state index contributed by atoms with van der Waals surface area (Å²) in [6, 6.07) is 0. The van der Waals surface area contributed by atoms with E-state index in [1.807, 2.05) is 0 Å². The molecule has 7 heteroatoms. The molecule has 0 aliphatic heterocycles. The molecule has 0 bridgehead atoms. The van der Waals surface area contributed by atoms with Gasteiger partial charge in [-0.2, -0.15) is 0 Å². The SMILES string of the molecule is C=CC(=O)NCCO[Si](OC)(OC)OC. The van der Waals surface area contributed by atoms with Gasteiger partial charge in [-0.1, -0.05) is 6.58 Å². The normalized spacial score (nSPS) is 11.1. The summed E-state index contributed by atoms with van der Waals surface area (Å²) in [5, 5.41) is 2.55. The summed E-state index contributed by atoms with van der Waals surface area (Å²) in [4.78, 5) is 10.8. The van der Waals surface area contributed by atoms with Crippen molar-refractivity contribution in [1.29, 1.82) is 0 Å². The highest BCUT2D eigenvalue weighted by atomic mass is 28.4. The summed E-state index contributed by atoms with van der Waals surface area (Å²) in [5.74, 6) is -0.252. The molecule has 0 aromatic carbocycles. The molecule has 0 unspecified atom stereocenters. The summed E-state index contributed by atoms with van der Waals surface area (Å²) in [5.41, 5.74) is 0. The molecule has 0 fully saturated rings. The molecule has 0 aromatic rings. The van der Waals surface area contributed by atoms with Crippen molar-refractivity contribution in [3.8, 4) is 0 Å². The Bertz CT molecular complexity index is 199. The van der Waals surface area contributed by atoms with Gasteiger partial charge in [0.05, 0.1) is 6.61 Å². The van der Waals surface area contributed by atoms with Crippen LogP contribution in [0.15, 0.2) is 12.7 Å². The zero-order chi connectivity index (χ0) is 11.7. The fourth-order valence-corrected chi connectivity index (χ4v) is 2.05. The standard InChI is InChI=1S/C8H17NO5Si/c1-5-8(10)9-6-7-14-15(11-2,12-3)13-4/h5H,1,6-7H2,2-4H3,(H,9,10). The van der Waals surface area contributed by atoms with Gasteiger partial charge in [0.1, 0.15) is 0 Å². The number of rotatable bonds is 8. The van der Waals surface area contributed by atoms with Gasteiger partial charge < -0.3 is 23.0 Å². The van der Waals surface area contributed by atoms with Crippen molar-refractivity contribution in [2.24, 2.45) is 0 Å². The third kappa shape index (κ3) is 5.05. The van der Waals surface area contributed by atoms with Crippen molar-refractivity contribution < 1.29 is 22.5 Å². The molecule has 1 amide bonds. The Hall–Kier alpha value is -0.733. The lowest BCUT2D eigenvalue weighted by Crippen LogP contribution is -2.47. The number of hydrogen-bond donors (Lipinski definition) is 1. The van der Waals surface area contributed by atoms with Crippen molar-refractivity contribution >= 4 is 15.0 Å². The maximum absolute atomic E-state index is 10.8. The minimum atomic E-state index is -2.98. The van der Waals surface area contributed by atoms with Crippen LogP contribution >= 0.6 is 0 Å². The van der Waals surface area contributed by atoms with Crippen molar-refractivity contribution in [2.75, 3.05) is 34.5 Å². The van der Waals surface area contributed by atoms with Crippen molar-refractivity contribution in [3.63, 3.8) is 0 Å². The number of nitrogens with one attached hydrogen (secondary N) is 1. The van der Waals surface area contributed by atoms with Crippen molar-refractivity contribution in [2.45, 2.75) is 0 Å². The third-order valence-electron chi connectivity index (χ3n) is 1.62. The molecule has 0 aliphatic carbocycles. The first-order chi connectivity index (χ1) is 7.14. The second kappa shape index (κ2) is 7.54. The predicted molar refractivity (Wildman–Crippen MR) is 55.9 cm³/mol. The van der Waals surface area contributed by atoms with Gasteiger partial charge in [0, 0.05) is 27.9 Å². The van der Waals surface area contributed by atoms with E-state index in [0.29, 0.717) is 6.54 Å². The topological polar surface area (TPSA) is 66.0 Å². The minimum absolute atomic E-state index is 0.251. The molecule has 0 saturated heterocycles. The average Bonchev–Trinajstić information content (AvgIpc) is 2.30. The van der Waals surface area contributed by atoms with Crippen LogP contribution in [0.5, 0.6) is 0 Å². The molecule has 0 atom stereocenters. The second-order valence-electron chi connectivity index (χ2n) is 2.46. The third-order valence-corrected chi connectivity index (χ3v) is 3.67. The van der Waals surface area contributed by atoms with Crippen LogP contribution in [-0.4, -0.2) is 49.4 Å². The van der Waals surface area contributed by atoms with E-state index in [1.165, 1.54) is 27.4 Å². The molecular weight excluding hydrogens is 218 g/mol. The molecule has 15 heavy (non-hydrogen) atoms. The van der Waals surface area contributed by atoms with Crippen molar-refractivity contribution in [1.82, 2.24) is 5.32 Å². The molecule has 6 nitrogen and oxygen atoms in total. The smallest absolute Gasteiger partial charge is 0.355 e. The predicted octanol–water partition coefficient (Wildman–Crippen LogP) is -0.320. The zero-order valence-corrected chi connectivity index (χ0v) is 10.2. The number of carbonyl (C=O) groups excluding carboxylic acids is 1. The molecule has 0 saturated carbocycles. The van der Waals surface area contributed by atoms with Crippen LogP contribution in [0.2, 0.25) is 0 Å². The molecular formula is C8H17NO5Si. The van der Waals surface area contributed by atoms with Crippen LogP contribution in [-0.2, 0) is 22.5 Å². The van der Waals surface area contributed by atoms with E-state index in [0.717, 1.165) is 0 Å². The average molecular weight is 235 g/mol. The lowest BCUT2D eigenvalue weighted by Gasteiger charge is -2.22. The number of hydrogen-bond acceptors (Lipinski definition) is 5. The van der Waals surface area contributed by atoms with Gasteiger partial charge in [-0.25, -0.2) is 0 Å². The molecule has 0 heterocycles. The van der Waals surface area contributed by atoms with E-state index < -0.39 is 9.05 Å². The minimum Gasteiger partial charge on any atom is -0.355 e. The Morgan fingerprint density at radius 1 is 1.33 bits per heavy atom. The second-order valence-corrected chi connectivity index (χ2v) is 4.97. The summed E-state index contributed by atoms with van der Waals surface area (Å²) in [6.07, 6.45) is 1.19. The molecule has 0 spiro atoms. The molecule has 0 aliphatic rings. The highest BCUT2D eigenvalue weighted by molar-refractivity contribution is 6.53. The Balaban J connectivity index is 3.81. The number of carbonyl (C=O) groups is 1. The maximum Gasteiger partial charge on any atom is 0.678 e. The van der Waals surface area contributed by atoms with Crippen LogP contribution in [0.4, 0.5) is 0 Å². The summed E-state index contributed by atoms with van der Waals surface area (Å²) in [7, 11) is 1.36. The fraction of sp³-hybridized carbons (Fsp3) is 0.625. The van der Waals surface area contributed by atoms with E-state index in [-0.39, 0.29) is 12.5 Å². The molecule has 88 valence electrons. The van der Waals surface area contributed by atoms with E-state index in [4.69, 9.17) is 17.7 Å². The Kier molecular flexibility index (Phi) is 7.18. The first kappa shape index (κ1) is 14.3. The fourth-order valence-electron chi connectivity index (χ4n) is 0.849. The quantitative estimate of drug-likeness (QED) is 0.355. The molecule has 0 aromatic heterocycles. The van der Waals surface area contributed by atoms with E-state index in [2.05, 4.69) is 11.9 Å². The van der Waals surface area contributed by atoms with Gasteiger partial charge in [0.15, 0.2) is 0 Å². The Labute approximate surface area is 90.6 Å². The monoisotopic (exact) mass is 235 g/mol. The van der Waals surface area contributed by atoms with Crippen LogP contribution < -0.4 is 5.32 Å². The lowest BCUT2D eigenvalue weighted by atomic mass is 10.5. The van der Waals surface area contributed by atoms with E-state index >= 15 is 0 Å². The van der Waals surface area contributed by atoms with Crippen molar-refractivity contribution in [3.05, 3.63) is 12.7 Å². The van der Waals surface area contributed by atoms with Crippen LogP contribution in [0.1, 0.15) is 0 Å². The van der Waals surface area contributed by atoms with E-state index in [9.17, 15) is 4.79 Å². The van der Waals surface area contributed by atoms with Gasteiger partial charge in [0.2, 0.25) is 5.91 Å². The van der Waals surface area contributed by atoms with E-state index in [1.54, 1.807) is 0 Å². The summed E-state index contributed by atoms with van der Waals surface area (Å²) >= 11 is 0. The van der Waals surface area contributed by atoms with Crippen LogP contribution in [0.3, 0.4) is 0 Å². The van der Waals surface area contributed by atoms with Gasteiger partial charge in [-0.3, -0.25) is 4.79 Å². The highest BCUT2D eigenvalue weighted by Gasteiger charge is 2.41. The van der Waals surface area contributed by atoms with Gasteiger partial charge in [-0.05, 0) is 6.08 Å². The Morgan fingerprint density at radius 3 is 2.27 bits per heavy atom. The van der Waals surface area contributed by atoms with Crippen LogP contribution in [0, 0.1) is 0 Å². The Morgan fingerprint density at radius 2 is 1.87 bits per heavy atom. The maximum atomic E-state index is 10.8. The molecule has 0 radical (unpaired) electrons. The van der Waals surface area contributed by atoms with Gasteiger partial charge >= 0.3 is 9.05 Å². The van der Waals surface area contributed by atoms with Gasteiger partial charge in [0.25, 0.3) is 0 Å². The number of amides is 1. The first-order valence-corrected chi connectivity index (χ1v) is 5.97. The first-order valence-electron chi connectivity index (χ1n) is 4.33. The molecule has 0 rings (SSSR count).